The number of ether oxygens (including phenoxy) is 1. The Balaban J connectivity index is 2.19. The molecule has 2 aromatic heterocycles. The standard InChI is InChI=1S/C13H16N2O2S2/c1-13(2,3)12-15-9(7-19-12)11-14-8(6-18-11)5-10(16)17-4/h6-7H,5H2,1-4H3. The van der Waals surface area contributed by atoms with Crippen molar-refractivity contribution in [2.45, 2.75) is 32.6 Å². The molecular weight excluding hydrogens is 280 g/mol. The lowest BCUT2D eigenvalue weighted by atomic mass is 9.98. The predicted molar refractivity (Wildman–Crippen MR) is 77.6 cm³/mol. The van der Waals surface area contributed by atoms with E-state index in [9.17, 15) is 4.79 Å². The number of carbonyl (C=O) groups is 1. The summed E-state index contributed by atoms with van der Waals surface area (Å²) in [6.07, 6.45) is 0.212. The van der Waals surface area contributed by atoms with E-state index in [1.54, 1.807) is 11.3 Å². The third-order valence-electron chi connectivity index (χ3n) is 2.47. The van der Waals surface area contributed by atoms with Crippen molar-refractivity contribution < 1.29 is 9.53 Å². The van der Waals surface area contributed by atoms with Gasteiger partial charge in [-0.15, -0.1) is 22.7 Å². The fraction of sp³-hybridized carbons (Fsp3) is 0.462. The number of nitrogens with zero attached hydrogens (tertiary/aromatic N) is 2. The van der Waals surface area contributed by atoms with E-state index in [1.807, 2.05) is 10.8 Å². The second-order valence-corrected chi connectivity index (χ2v) is 6.90. The Labute approximate surface area is 120 Å². The van der Waals surface area contributed by atoms with Crippen LogP contribution >= 0.6 is 22.7 Å². The van der Waals surface area contributed by atoms with Gasteiger partial charge in [0.2, 0.25) is 0 Å². The number of hydrogen-bond acceptors (Lipinski definition) is 6. The van der Waals surface area contributed by atoms with E-state index < -0.39 is 0 Å². The summed E-state index contributed by atoms with van der Waals surface area (Å²) in [7, 11) is 1.38. The smallest absolute Gasteiger partial charge is 0.311 e. The lowest BCUT2D eigenvalue weighted by Gasteiger charge is -2.13. The molecule has 19 heavy (non-hydrogen) atoms. The summed E-state index contributed by atoms with van der Waals surface area (Å²) in [6, 6.07) is 0. The number of rotatable bonds is 3. The van der Waals surface area contributed by atoms with E-state index in [0.29, 0.717) is 0 Å². The molecule has 0 radical (unpaired) electrons. The van der Waals surface area contributed by atoms with Crippen molar-refractivity contribution in [3.05, 3.63) is 21.5 Å². The Hall–Kier alpha value is -1.27. The molecule has 0 bridgehead atoms. The second-order valence-electron chi connectivity index (χ2n) is 5.18. The van der Waals surface area contributed by atoms with Crippen LogP contribution in [0.15, 0.2) is 10.8 Å². The van der Waals surface area contributed by atoms with Gasteiger partial charge in [0.25, 0.3) is 0 Å². The Bertz CT molecular complexity index is 581. The minimum atomic E-state index is -0.273. The maximum atomic E-state index is 11.2. The lowest BCUT2D eigenvalue weighted by molar-refractivity contribution is -0.139. The first-order valence-corrected chi connectivity index (χ1v) is 7.63. The van der Waals surface area contributed by atoms with Crippen molar-refractivity contribution in [1.82, 2.24) is 9.97 Å². The van der Waals surface area contributed by atoms with Crippen LogP contribution < -0.4 is 0 Å². The number of carbonyl (C=O) groups excluding carboxylic acids is 1. The van der Waals surface area contributed by atoms with Crippen LogP contribution in [-0.2, 0) is 21.4 Å². The van der Waals surface area contributed by atoms with Crippen LogP contribution in [0.3, 0.4) is 0 Å². The molecule has 4 nitrogen and oxygen atoms in total. The van der Waals surface area contributed by atoms with Gasteiger partial charge in [-0.05, 0) is 0 Å². The zero-order valence-electron chi connectivity index (χ0n) is 11.4. The molecule has 6 heteroatoms. The van der Waals surface area contributed by atoms with E-state index in [4.69, 9.17) is 0 Å². The van der Waals surface area contributed by atoms with Crippen LogP contribution in [0.4, 0.5) is 0 Å². The molecule has 0 unspecified atom stereocenters. The SMILES string of the molecule is COC(=O)Cc1csc(-c2csc(C(C)(C)C)n2)n1. The van der Waals surface area contributed by atoms with Crippen molar-refractivity contribution in [3.8, 4) is 10.7 Å². The molecule has 0 aliphatic heterocycles. The highest BCUT2D eigenvalue weighted by Gasteiger charge is 2.19. The summed E-state index contributed by atoms with van der Waals surface area (Å²) >= 11 is 3.15. The summed E-state index contributed by atoms with van der Waals surface area (Å²) in [5, 5.41) is 5.84. The molecule has 0 N–H and O–H groups in total. The highest BCUT2D eigenvalue weighted by Crippen LogP contribution is 2.31. The Morgan fingerprint density at radius 1 is 1.26 bits per heavy atom. The van der Waals surface area contributed by atoms with Gasteiger partial charge in [-0.2, -0.15) is 0 Å². The minimum Gasteiger partial charge on any atom is -0.469 e. The molecule has 102 valence electrons. The van der Waals surface area contributed by atoms with Crippen molar-refractivity contribution in [3.63, 3.8) is 0 Å². The van der Waals surface area contributed by atoms with E-state index >= 15 is 0 Å². The fourth-order valence-corrected chi connectivity index (χ4v) is 3.19. The minimum absolute atomic E-state index is 0.0506. The first-order valence-electron chi connectivity index (χ1n) is 5.88. The predicted octanol–water partition coefficient (Wildman–Crippen LogP) is 3.28. The molecule has 2 heterocycles. The van der Waals surface area contributed by atoms with Gasteiger partial charge in [-0.1, -0.05) is 20.8 Å². The molecule has 2 aromatic rings. The van der Waals surface area contributed by atoms with Crippen LogP contribution in [-0.4, -0.2) is 23.0 Å². The average molecular weight is 296 g/mol. The molecule has 2 rings (SSSR count). The fourth-order valence-electron chi connectivity index (χ4n) is 1.44. The molecule has 0 atom stereocenters. The third kappa shape index (κ3) is 3.39. The molecule has 0 saturated heterocycles. The van der Waals surface area contributed by atoms with Crippen LogP contribution in [0.1, 0.15) is 31.5 Å². The van der Waals surface area contributed by atoms with Crippen LogP contribution in [0.2, 0.25) is 0 Å². The van der Waals surface area contributed by atoms with Gasteiger partial charge in [-0.25, -0.2) is 9.97 Å². The third-order valence-corrected chi connectivity index (χ3v) is 4.65. The normalized spacial score (nSPS) is 11.6. The molecule has 0 amide bonds. The molecular formula is C13H16N2O2S2. The van der Waals surface area contributed by atoms with Crippen molar-refractivity contribution in [2.24, 2.45) is 0 Å². The zero-order valence-corrected chi connectivity index (χ0v) is 13.0. The summed E-state index contributed by atoms with van der Waals surface area (Å²) in [5.41, 5.74) is 1.67. The van der Waals surface area contributed by atoms with Crippen molar-refractivity contribution in [2.75, 3.05) is 7.11 Å². The summed E-state index contributed by atoms with van der Waals surface area (Å²) in [4.78, 5) is 20.2. The van der Waals surface area contributed by atoms with Crippen molar-refractivity contribution in [1.29, 1.82) is 0 Å². The Morgan fingerprint density at radius 3 is 2.58 bits per heavy atom. The van der Waals surface area contributed by atoms with Crippen LogP contribution in [0.5, 0.6) is 0 Å². The quantitative estimate of drug-likeness (QED) is 0.816. The molecule has 0 aliphatic rings. The van der Waals surface area contributed by atoms with Gasteiger partial charge in [0.1, 0.15) is 10.7 Å². The maximum absolute atomic E-state index is 11.2. The molecule has 0 saturated carbocycles. The first kappa shape index (κ1) is 14.1. The summed E-state index contributed by atoms with van der Waals surface area (Å²) in [6.45, 7) is 6.42. The molecule has 0 aliphatic carbocycles. The first-order chi connectivity index (χ1) is 8.90. The van der Waals surface area contributed by atoms with Gasteiger partial charge in [0, 0.05) is 16.2 Å². The Morgan fingerprint density at radius 2 is 2.00 bits per heavy atom. The number of esters is 1. The van der Waals surface area contributed by atoms with Gasteiger partial charge in [0.05, 0.1) is 24.2 Å². The van der Waals surface area contributed by atoms with E-state index in [0.717, 1.165) is 21.4 Å². The number of thiazole rings is 2. The zero-order chi connectivity index (χ0) is 14.0. The topological polar surface area (TPSA) is 52.1 Å². The van der Waals surface area contributed by atoms with Gasteiger partial charge < -0.3 is 4.74 Å². The van der Waals surface area contributed by atoms with Crippen molar-refractivity contribution >= 4 is 28.6 Å². The Kier molecular flexibility index (Phi) is 4.01. The van der Waals surface area contributed by atoms with Gasteiger partial charge >= 0.3 is 5.97 Å². The molecule has 0 spiro atoms. The molecule has 0 fully saturated rings. The number of aromatic nitrogens is 2. The lowest BCUT2D eigenvalue weighted by Crippen LogP contribution is -2.10. The van der Waals surface area contributed by atoms with Gasteiger partial charge in [-0.3, -0.25) is 4.79 Å². The van der Waals surface area contributed by atoms with E-state index in [-0.39, 0.29) is 17.8 Å². The highest BCUT2D eigenvalue weighted by atomic mass is 32.1. The number of methoxy groups -OCH3 is 1. The summed E-state index contributed by atoms with van der Waals surface area (Å²) in [5.74, 6) is -0.273. The van der Waals surface area contributed by atoms with E-state index in [2.05, 4.69) is 35.5 Å². The van der Waals surface area contributed by atoms with Gasteiger partial charge in [0.15, 0.2) is 0 Å². The van der Waals surface area contributed by atoms with E-state index in [1.165, 1.54) is 18.4 Å². The second kappa shape index (κ2) is 5.38. The van der Waals surface area contributed by atoms with Crippen LogP contribution in [0, 0.1) is 0 Å². The monoisotopic (exact) mass is 296 g/mol. The largest absolute Gasteiger partial charge is 0.469 e. The highest BCUT2D eigenvalue weighted by molar-refractivity contribution is 7.14. The van der Waals surface area contributed by atoms with Crippen LogP contribution in [0.25, 0.3) is 10.7 Å². The maximum Gasteiger partial charge on any atom is 0.311 e. The average Bonchev–Trinajstić information content (AvgIpc) is 2.95. The summed E-state index contributed by atoms with van der Waals surface area (Å²) < 4.78 is 4.63. The molecule has 0 aromatic carbocycles. The number of hydrogen-bond donors (Lipinski definition) is 0.